The SMILES string of the molecule is COc1ccc(S(=O)(=O)N(CCc2ccccc2)CC(=O)N/N=C\c2cccc(OC)c2O)cc1. The monoisotopic (exact) mass is 497 g/mol. The zero-order valence-corrected chi connectivity index (χ0v) is 20.2. The van der Waals surface area contributed by atoms with Gasteiger partial charge in [-0.1, -0.05) is 36.4 Å². The van der Waals surface area contributed by atoms with Crippen LogP contribution in [0.4, 0.5) is 0 Å². The number of phenolic OH excluding ortho intramolecular Hbond substituents is 1. The van der Waals surface area contributed by atoms with E-state index in [2.05, 4.69) is 10.5 Å². The van der Waals surface area contributed by atoms with E-state index in [0.717, 1.165) is 9.87 Å². The second-order valence-corrected chi connectivity index (χ2v) is 9.38. The average molecular weight is 498 g/mol. The fourth-order valence-corrected chi connectivity index (χ4v) is 4.65. The Labute approximate surface area is 204 Å². The molecule has 0 aliphatic carbocycles. The highest BCUT2D eigenvalue weighted by atomic mass is 32.2. The highest BCUT2D eigenvalue weighted by Crippen LogP contribution is 2.28. The summed E-state index contributed by atoms with van der Waals surface area (Å²) in [4.78, 5) is 12.6. The quantitative estimate of drug-likeness (QED) is 0.311. The number of nitrogens with zero attached hydrogens (tertiary/aromatic N) is 2. The largest absolute Gasteiger partial charge is 0.504 e. The molecule has 0 saturated heterocycles. The molecule has 0 atom stereocenters. The Morgan fingerprint density at radius 3 is 2.37 bits per heavy atom. The van der Waals surface area contributed by atoms with Crippen molar-refractivity contribution >= 4 is 22.1 Å². The number of methoxy groups -OCH3 is 2. The van der Waals surface area contributed by atoms with E-state index in [1.807, 2.05) is 30.3 Å². The number of carbonyl (C=O) groups is 1. The zero-order valence-electron chi connectivity index (χ0n) is 19.4. The van der Waals surface area contributed by atoms with Crippen LogP contribution in [0, 0.1) is 0 Å². The third kappa shape index (κ3) is 6.81. The number of phenols is 1. The number of para-hydroxylation sites is 1. The van der Waals surface area contributed by atoms with Crippen LogP contribution in [0.5, 0.6) is 17.2 Å². The van der Waals surface area contributed by atoms with Gasteiger partial charge in [0.2, 0.25) is 10.0 Å². The molecule has 35 heavy (non-hydrogen) atoms. The van der Waals surface area contributed by atoms with Gasteiger partial charge in [0.1, 0.15) is 5.75 Å². The number of carbonyl (C=O) groups excluding carboxylic acids is 1. The third-order valence-electron chi connectivity index (χ3n) is 5.15. The van der Waals surface area contributed by atoms with Crippen molar-refractivity contribution in [1.29, 1.82) is 0 Å². The van der Waals surface area contributed by atoms with Crippen LogP contribution >= 0.6 is 0 Å². The van der Waals surface area contributed by atoms with E-state index in [1.54, 1.807) is 30.3 Å². The van der Waals surface area contributed by atoms with E-state index in [9.17, 15) is 18.3 Å². The molecule has 0 saturated carbocycles. The molecule has 0 unspecified atom stereocenters. The van der Waals surface area contributed by atoms with Crippen LogP contribution in [0.3, 0.4) is 0 Å². The number of ether oxygens (including phenoxy) is 2. The summed E-state index contributed by atoms with van der Waals surface area (Å²) in [7, 11) is -1.06. The Morgan fingerprint density at radius 1 is 1.00 bits per heavy atom. The first-order valence-electron chi connectivity index (χ1n) is 10.7. The fourth-order valence-electron chi connectivity index (χ4n) is 3.26. The van der Waals surface area contributed by atoms with Gasteiger partial charge in [0.15, 0.2) is 11.5 Å². The molecule has 2 N–H and O–H groups in total. The summed E-state index contributed by atoms with van der Waals surface area (Å²) in [6.07, 6.45) is 1.67. The summed E-state index contributed by atoms with van der Waals surface area (Å²) in [6, 6.07) is 20.2. The van der Waals surface area contributed by atoms with Crippen molar-refractivity contribution in [3.63, 3.8) is 0 Å². The molecule has 1 amide bonds. The lowest BCUT2D eigenvalue weighted by Gasteiger charge is -2.21. The minimum absolute atomic E-state index is 0.0453. The minimum atomic E-state index is -3.98. The Balaban J connectivity index is 1.75. The van der Waals surface area contributed by atoms with E-state index >= 15 is 0 Å². The molecule has 9 nitrogen and oxygen atoms in total. The van der Waals surface area contributed by atoms with Gasteiger partial charge in [0.05, 0.1) is 31.9 Å². The van der Waals surface area contributed by atoms with Crippen LogP contribution in [-0.4, -0.2) is 57.3 Å². The van der Waals surface area contributed by atoms with Crippen molar-refractivity contribution in [3.8, 4) is 17.2 Å². The fraction of sp³-hybridized carbons (Fsp3) is 0.200. The molecule has 0 aliphatic heterocycles. The third-order valence-corrected chi connectivity index (χ3v) is 7.01. The van der Waals surface area contributed by atoms with Crippen molar-refractivity contribution in [2.45, 2.75) is 11.3 Å². The number of hydrazone groups is 1. The van der Waals surface area contributed by atoms with Crippen LogP contribution in [0.15, 0.2) is 82.8 Å². The molecule has 0 radical (unpaired) electrons. The second kappa shape index (κ2) is 12.0. The molecule has 3 rings (SSSR count). The molecule has 3 aromatic carbocycles. The highest BCUT2D eigenvalue weighted by molar-refractivity contribution is 7.89. The Bertz CT molecular complexity index is 1260. The molecule has 0 fully saturated rings. The Hall–Kier alpha value is -3.89. The predicted molar refractivity (Wildman–Crippen MR) is 132 cm³/mol. The summed E-state index contributed by atoms with van der Waals surface area (Å²) in [6.45, 7) is -0.352. The summed E-state index contributed by atoms with van der Waals surface area (Å²) < 4.78 is 37.9. The standard InChI is InChI=1S/C25H27N3O6S/c1-33-21-11-13-22(14-12-21)35(31,32)28(16-15-19-7-4-3-5-8-19)18-24(29)27-26-17-20-9-6-10-23(34-2)25(20)30/h3-14,17,30H,15-16,18H2,1-2H3,(H,27,29)/b26-17-. The summed E-state index contributed by atoms with van der Waals surface area (Å²) >= 11 is 0. The first-order chi connectivity index (χ1) is 16.8. The lowest BCUT2D eigenvalue weighted by molar-refractivity contribution is -0.121. The molecule has 0 spiro atoms. The van der Waals surface area contributed by atoms with Gasteiger partial charge in [0, 0.05) is 12.1 Å². The molecule has 0 aromatic heterocycles. The Kier molecular flexibility index (Phi) is 8.82. The van der Waals surface area contributed by atoms with E-state index in [1.165, 1.54) is 32.6 Å². The molecule has 0 aliphatic rings. The summed E-state index contributed by atoms with van der Waals surface area (Å²) in [5, 5.41) is 14.0. The minimum Gasteiger partial charge on any atom is -0.504 e. The van der Waals surface area contributed by atoms with Crippen LogP contribution < -0.4 is 14.9 Å². The van der Waals surface area contributed by atoms with E-state index in [0.29, 0.717) is 17.7 Å². The number of benzene rings is 3. The normalized spacial score (nSPS) is 11.5. The zero-order chi connectivity index (χ0) is 25.3. The van der Waals surface area contributed by atoms with E-state index < -0.39 is 22.5 Å². The highest BCUT2D eigenvalue weighted by Gasteiger charge is 2.26. The first-order valence-corrected chi connectivity index (χ1v) is 12.1. The molecule has 0 heterocycles. The van der Waals surface area contributed by atoms with E-state index in [-0.39, 0.29) is 22.9 Å². The van der Waals surface area contributed by atoms with Gasteiger partial charge in [0.25, 0.3) is 5.91 Å². The number of rotatable bonds is 11. The smallest absolute Gasteiger partial charge is 0.255 e. The number of hydrogen-bond acceptors (Lipinski definition) is 7. The van der Waals surface area contributed by atoms with Gasteiger partial charge in [-0.15, -0.1) is 0 Å². The number of sulfonamides is 1. The van der Waals surface area contributed by atoms with Crippen molar-refractivity contribution in [1.82, 2.24) is 9.73 Å². The molecular weight excluding hydrogens is 470 g/mol. The van der Waals surface area contributed by atoms with Crippen molar-refractivity contribution in [2.24, 2.45) is 5.10 Å². The maximum Gasteiger partial charge on any atom is 0.255 e. The van der Waals surface area contributed by atoms with Crippen LogP contribution in [-0.2, 0) is 21.2 Å². The van der Waals surface area contributed by atoms with E-state index in [4.69, 9.17) is 9.47 Å². The van der Waals surface area contributed by atoms with Crippen molar-refractivity contribution in [3.05, 3.63) is 83.9 Å². The summed E-state index contributed by atoms with van der Waals surface area (Å²) in [5.41, 5.74) is 3.59. The molecule has 3 aromatic rings. The van der Waals surface area contributed by atoms with Crippen LogP contribution in [0.25, 0.3) is 0 Å². The molecule has 10 heteroatoms. The number of nitrogens with one attached hydrogen (secondary N) is 1. The van der Waals surface area contributed by atoms with Gasteiger partial charge in [-0.3, -0.25) is 4.79 Å². The van der Waals surface area contributed by atoms with Gasteiger partial charge in [-0.2, -0.15) is 9.41 Å². The first kappa shape index (κ1) is 25.7. The maximum atomic E-state index is 13.3. The van der Waals surface area contributed by atoms with Crippen LogP contribution in [0.1, 0.15) is 11.1 Å². The van der Waals surface area contributed by atoms with Gasteiger partial charge < -0.3 is 14.6 Å². The number of hydrogen-bond donors (Lipinski definition) is 2. The van der Waals surface area contributed by atoms with Gasteiger partial charge >= 0.3 is 0 Å². The maximum absolute atomic E-state index is 13.3. The summed E-state index contributed by atoms with van der Waals surface area (Å²) in [5.74, 6) is 0.0268. The van der Waals surface area contributed by atoms with Crippen molar-refractivity contribution in [2.75, 3.05) is 27.3 Å². The molecule has 0 bridgehead atoms. The van der Waals surface area contributed by atoms with Gasteiger partial charge in [-0.25, -0.2) is 13.8 Å². The Morgan fingerprint density at radius 2 is 1.71 bits per heavy atom. The lowest BCUT2D eigenvalue weighted by atomic mass is 10.1. The number of amides is 1. The number of aromatic hydroxyl groups is 1. The van der Waals surface area contributed by atoms with Crippen molar-refractivity contribution < 1.29 is 27.8 Å². The van der Waals surface area contributed by atoms with Gasteiger partial charge in [-0.05, 0) is 48.4 Å². The second-order valence-electron chi connectivity index (χ2n) is 7.44. The predicted octanol–water partition coefficient (Wildman–Crippen LogP) is 2.79. The topological polar surface area (TPSA) is 118 Å². The molecule has 184 valence electrons. The molecular formula is C25H27N3O6S. The average Bonchev–Trinajstić information content (AvgIpc) is 2.88. The lowest BCUT2D eigenvalue weighted by Crippen LogP contribution is -2.40. The van der Waals surface area contributed by atoms with Crippen LogP contribution in [0.2, 0.25) is 0 Å².